The third-order valence-electron chi connectivity index (χ3n) is 5.46. The zero-order chi connectivity index (χ0) is 13.4. The first-order chi connectivity index (χ1) is 9.19. The summed E-state index contributed by atoms with van der Waals surface area (Å²) in [6, 6.07) is 2.48. The summed E-state index contributed by atoms with van der Waals surface area (Å²) < 4.78 is 0. The van der Waals surface area contributed by atoms with Crippen LogP contribution in [0.4, 0.5) is 0 Å². The molecule has 2 nitrogen and oxygen atoms in total. The monoisotopic (exact) mass is 264 g/mol. The highest BCUT2D eigenvalue weighted by atomic mass is 15.2. The Morgan fingerprint density at radius 3 is 2.37 bits per heavy atom. The van der Waals surface area contributed by atoms with Crippen LogP contribution in [0.1, 0.15) is 59.3 Å². The van der Waals surface area contributed by atoms with Crippen molar-refractivity contribution >= 4 is 0 Å². The molecule has 0 aromatic heterocycles. The second-order valence-corrected chi connectivity index (χ2v) is 7.58. The standard InChI is InChI=1S/C17H32N2/c1-4-18-16-10-12(2)9-13(3)17(16)19(15-7-8-15)11-14-5-6-14/h12-18H,4-11H2,1-3H3. The zero-order valence-corrected chi connectivity index (χ0v) is 13.1. The fraction of sp³-hybridized carbons (Fsp3) is 1.00. The Kier molecular flexibility index (Phi) is 4.19. The van der Waals surface area contributed by atoms with E-state index in [-0.39, 0.29) is 0 Å². The molecule has 0 saturated heterocycles. The fourth-order valence-electron chi connectivity index (χ4n) is 4.38. The van der Waals surface area contributed by atoms with E-state index in [9.17, 15) is 0 Å². The van der Waals surface area contributed by atoms with Crippen LogP contribution in [-0.2, 0) is 0 Å². The Balaban J connectivity index is 1.71. The average Bonchev–Trinajstić information content (AvgIpc) is 3.22. The summed E-state index contributed by atoms with van der Waals surface area (Å²) in [6.45, 7) is 9.74. The molecule has 0 radical (unpaired) electrons. The second-order valence-electron chi connectivity index (χ2n) is 7.58. The molecule has 0 aliphatic heterocycles. The molecule has 1 N–H and O–H groups in total. The number of hydrogen-bond donors (Lipinski definition) is 1. The maximum absolute atomic E-state index is 3.81. The second kappa shape index (κ2) is 5.73. The van der Waals surface area contributed by atoms with Crippen molar-refractivity contribution in [3.8, 4) is 0 Å². The van der Waals surface area contributed by atoms with Crippen LogP contribution in [0.5, 0.6) is 0 Å². The van der Waals surface area contributed by atoms with E-state index in [1.54, 1.807) is 0 Å². The lowest BCUT2D eigenvalue weighted by Gasteiger charge is -2.46. The van der Waals surface area contributed by atoms with Crippen LogP contribution < -0.4 is 5.32 Å². The van der Waals surface area contributed by atoms with Crippen molar-refractivity contribution in [1.82, 2.24) is 10.2 Å². The molecule has 3 fully saturated rings. The van der Waals surface area contributed by atoms with Crippen molar-refractivity contribution in [1.29, 1.82) is 0 Å². The lowest BCUT2D eigenvalue weighted by Crippen LogP contribution is -2.57. The van der Waals surface area contributed by atoms with Gasteiger partial charge in [0, 0.05) is 24.7 Å². The smallest absolute Gasteiger partial charge is 0.0278 e. The van der Waals surface area contributed by atoms with Gasteiger partial charge in [-0.15, -0.1) is 0 Å². The molecule has 0 spiro atoms. The SMILES string of the molecule is CCNC1CC(C)CC(C)C1N(CC1CC1)C1CC1. The van der Waals surface area contributed by atoms with Gasteiger partial charge in [0.05, 0.1) is 0 Å². The van der Waals surface area contributed by atoms with Gasteiger partial charge in [-0.05, 0) is 62.8 Å². The maximum Gasteiger partial charge on any atom is 0.0278 e. The summed E-state index contributed by atoms with van der Waals surface area (Å²) in [5.41, 5.74) is 0. The molecule has 4 atom stereocenters. The van der Waals surface area contributed by atoms with E-state index in [1.165, 1.54) is 45.1 Å². The van der Waals surface area contributed by atoms with Gasteiger partial charge in [0.2, 0.25) is 0 Å². The predicted octanol–water partition coefficient (Wildman–Crippen LogP) is 3.27. The highest BCUT2D eigenvalue weighted by Gasteiger charge is 2.44. The molecule has 3 aliphatic rings. The van der Waals surface area contributed by atoms with Gasteiger partial charge >= 0.3 is 0 Å². The molecule has 4 unspecified atom stereocenters. The molecular weight excluding hydrogens is 232 g/mol. The molecule has 0 heterocycles. The van der Waals surface area contributed by atoms with E-state index in [2.05, 4.69) is 31.0 Å². The zero-order valence-electron chi connectivity index (χ0n) is 13.1. The first-order valence-electron chi connectivity index (χ1n) is 8.68. The summed E-state index contributed by atoms with van der Waals surface area (Å²) in [4.78, 5) is 2.93. The van der Waals surface area contributed by atoms with Crippen molar-refractivity contribution < 1.29 is 0 Å². The Labute approximate surface area is 119 Å². The van der Waals surface area contributed by atoms with Gasteiger partial charge in [0.25, 0.3) is 0 Å². The van der Waals surface area contributed by atoms with Gasteiger partial charge in [-0.1, -0.05) is 20.8 Å². The predicted molar refractivity (Wildman–Crippen MR) is 81.3 cm³/mol. The normalized spacial score (nSPS) is 39.8. The Morgan fingerprint density at radius 1 is 1.05 bits per heavy atom. The molecule has 3 aliphatic carbocycles. The summed E-state index contributed by atoms with van der Waals surface area (Å²) in [7, 11) is 0. The van der Waals surface area contributed by atoms with Crippen molar-refractivity contribution in [2.75, 3.05) is 13.1 Å². The fourth-order valence-corrected chi connectivity index (χ4v) is 4.38. The quantitative estimate of drug-likeness (QED) is 0.792. The minimum Gasteiger partial charge on any atom is -0.313 e. The summed E-state index contributed by atoms with van der Waals surface area (Å²) >= 11 is 0. The van der Waals surface area contributed by atoms with E-state index in [1.807, 2.05) is 0 Å². The average molecular weight is 264 g/mol. The molecule has 19 heavy (non-hydrogen) atoms. The third kappa shape index (κ3) is 3.33. The molecule has 0 bridgehead atoms. The maximum atomic E-state index is 3.81. The summed E-state index contributed by atoms with van der Waals surface area (Å²) in [6.07, 6.45) is 8.73. The van der Waals surface area contributed by atoms with Crippen molar-refractivity contribution in [2.24, 2.45) is 17.8 Å². The lowest BCUT2D eigenvalue weighted by molar-refractivity contribution is 0.0521. The minimum atomic E-state index is 0.739. The van der Waals surface area contributed by atoms with E-state index in [0.29, 0.717) is 0 Å². The van der Waals surface area contributed by atoms with Gasteiger partial charge in [-0.25, -0.2) is 0 Å². The minimum absolute atomic E-state index is 0.739. The number of nitrogens with one attached hydrogen (secondary N) is 1. The van der Waals surface area contributed by atoms with Gasteiger partial charge < -0.3 is 5.32 Å². The Hall–Kier alpha value is -0.0800. The van der Waals surface area contributed by atoms with E-state index in [4.69, 9.17) is 0 Å². The molecule has 110 valence electrons. The number of likely N-dealkylation sites (N-methyl/N-ethyl adjacent to an activating group) is 1. The number of nitrogens with zero attached hydrogens (tertiary/aromatic N) is 1. The van der Waals surface area contributed by atoms with Gasteiger partial charge in [-0.3, -0.25) is 4.90 Å². The molecule has 0 aromatic rings. The van der Waals surface area contributed by atoms with Crippen LogP contribution in [0.25, 0.3) is 0 Å². The van der Waals surface area contributed by atoms with Crippen molar-refractivity contribution in [3.05, 3.63) is 0 Å². The highest BCUT2D eigenvalue weighted by molar-refractivity contribution is 5.00. The van der Waals surface area contributed by atoms with Crippen LogP contribution >= 0.6 is 0 Å². The molecule has 3 rings (SSSR count). The Morgan fingerprint density at radius 2 is 1.79 bits per heavy atom. The Bertz CT molecular complexity index is 296. The molecule has 0 aromatic carbocycles. The van der Waals surface area contributed by atoms with E-state index < -0.39 is 0 Å². The van der Waals surface area contributed by atoms with Crippen LogP contribution in [0.3, 0.4) is 0 Å². The number of rotatable bonds is 6. The molecular formula is C17H32N2. The molecule has 3 saturated carbocycles. The largest absolute Gasteiger partial charge is 0.313 e. The summed E-state index contributed by atoms with van der Waals surface area (Å²) in [5.74, 6) is 2.80. The van der Waals surface area contributed by atoms with Crippen LogP contribution in [0.15, 0.2) is 0 Å². The van der Waals surface area contributed by atoms with Crippen molar-refractivity contribution in [2.45, 2.75) is 77.4 Å². The van der Waals surface area contributed by atoms with Crippen LogP contribution in [0, 0.1) is 17.8 Å². The number of hydrogen-bond acceptors (Lipinski definition) is 2. The molecule has 0 amide bonds. The van der Waals surface area contributed by atoms with Gasteiger partial charge in [-0.2, -0.15) is 0 Å². The van der Waals surface area contributed by atoms with Crippen LogP contribution in [0.2, 0.25) is 0 Å². The third-order valence-corrected chi connectivity index (χ3v) is 5.46. The van der Waals surface area contributed by atoms with Crippen molar-refractivity contribution in [3.63, 3.8) is 0 Å². The van der Waals surface area contributed by atoms with E-state index in [0.717, 1.165) is 42.4 Å². The topological polar surface area (TPSA) is 15.3 Å². The van der Waals surface area contributed by atoms with Crippen LogP contribution in [-0.4, -0.2) is 36.1 Å². The van der Waals surface area contributed by atoms with Gasteiger partial charge in [0.1, 0.15) is 0 Å². The summed E-state index contributed by atoms with van der Waals surface area (Å²) in [5, 5.41) is 3.81. The first-order valence-corrected chi connectivity index (χ1v) is 8.68. The van der Waals surface area contributed by atoms with Gasteiger partial charge in [0.15, 0.2) is 0 Å². The first kappa shape index (κ1) is 13.9. The van der Waals surface area contributed by atoms with E-state index >= 15 is 0 Å². The molecule has 2 heteroatoms. The highest BCUT2D eigenvalue weighted by Crippen LogP contribution is 2.41. The lowest BCUT2D eigenvalue weighted by atomic mass is 9.75.